The SMILES string of the molecule is CC(Sc1cccc(NC(=O)/C(=C\c2cccs2)NC(=O)c2ccccc2)c1)C(=O)N1c2ccccc2Sc2ccccc21. The van der Waals surface area contributed by atoms with Crippen LogP contribution < -0.4 is 15.5 Å². The van der Waals surface area contributed by atoms with Gasteiger partial charge in [-0.15, -0.1) is 23.1 Å². The van der Waals surface area contributed by atoms with Gasteiger partial charge in [-0.3, -0.25) is 19.3 Å². The van der Waals surface area contributed by atoms with E-state index in [1.54, 1.807) is 48.2 Å². The summed E-state index contributed by atoms with van der Waals surface area (Å²) in [5, 5.41) is 7.17. The number of nitrogens with zero attached hydrogens (tertiary/aromatic N) is 1. The van der Waals surface area contributed by atoms with Crippen LogP contribution in [0.2, 0.25) is 0 Å². The quantitative estimate of drug-likeness (QED) is 0.132. The Balaban J connectivity index is 1.19. The molecule has 1 atom stereocenters. The minimum Gasteiger partial charge on any atom is -0.321 e. The summed E-state index contributed by atoms with van der Waals surface area (Å²) in [6.45, 7) is 1.90. The Morgan fingerprint density at radius 1 is 0.795 bits per heavy atom. The number of rotatable bonds is 8. The molecule has 1 aromatic heterocycles. The van der Waals surface area contributed by atoms with Gasteiger partial charge in [0.2, 0.25) is 5.91 Å². The lowest BCUT2D eigenvalue weighted by Crippen LogP contribution is -2.34. The van der Waals surface area contributed by atoms with Crippen molar-refractivity contribution >= 4 is 75.7 Å². The van der Waals surface area contributed by atoms with E-state index in [0.717, 1.165) is 30.9 Å². The molecular formula is C35H27N3O3S3. The molecule has 2 N–H and O–H groups in total. The molecule has 0 saturated carbocycles. The second kappa shape index (κ2) is 13.4. The van der Waals surface area contributed by atoms with E-state index >= 15 is 0 Å². The second-order valence-electron chi connectivity index (χ2n) is 9.85. The van der Waals surface area contributed by atoms with Crippen molar-refractivity contribution in [3.05, 3.63) is 137 Å². The first-order valence-corrected chi connectivity index (χ1v) is 16.4. The van der Waals surface area contributed by atoms with Crippen LogP contribution in [0.15, 0.2) is 141 Å². The van der Waals surface area contributed by atoms with Crippen molar-refractivity contribution in [3.8, 4) is 0 Å². The number of hydrogen-bond donors (Lipinski definition) is 2. The van der Waals surface area contributed by atoms with Gasteiger partial charge in [0.15, 0.2) is 0 Å². The third kappa shape index (κ3) is 6.65. The zero-order valence-corrected chi connectivity index (χ0v) is 26.0. The van der Waals surface area contributed by atoms with Crippen LogP contribution in [0.1, 0.15) is 22.2 Å². The molecule has 1 aliphatic rings. The maximum atomic E-state index is 13.9. The van der Waals surface area contributed by atoms with Gasteiger partial charge in [0, 0.05) is 30.8 Å². The number of carbonyl (C=O) groups is 3. The molecule has 0 aliphatic carbocycles. The van der Waals surface area contributed by atoms with E-state index in [9.17, 15) is 14.4 Å². The lowest BCUT2D eigenvalue weighted by Gasteiger charge is -2.32. The van der Waals surface area contributed by atoms with Crippen molar-refractivity contribution < 1.29 is 14.4 Å². The summed E-state index contributed by atoms with van der Waals surface area (Å²) < 4.78 is 0. The number of nitrogens with one attached hydrogen (secondary N) is 2. The normalized spacial score (nSPS) is 12.9. The van der Waals surface area contributed by atoms with E-state index in [1.807, 2.05) is 102 Å². The van der Waals surface area contributed by atoms with Gasteiger partial charge in [-0.05, 0) is 79.0 Å². The number of hydrogen-bond acceptors (Lipinski definition) is 6. The maximum Gasteiger partial charge on any atom is 0.272 e. The van der Waals surface area contributed by atoms with E-state index in [2.05, 4.69) is 10.6 Å². The molecule has 9 heteroatoms. The lowest BCUT2D eigenvalue weighted by atomic mass is 10.2. The number of thiophene rings is 1. The smallest absolute Gasteiger partial charge is 0.272 e. The van der Waals surface area contributed by atoms with E-state index in [4.69, 9.17) is 0 Å². The van der Waals surface area contributed by atoms with E-state index < -0.39 is 11.2 Å². The van der Waals surface area contributed by atoms with Gasteiger partial charge in [-0.25, -0.2) is 0 Å². The summed E-state index contributed by atoms with van der Waals surface area (Å²) in [5.74, 6) is -0.859. The number of thioether (sulfide) groups is 1. The fourth-order valence-electron chi connectivity index (χ4n) is 4.68. The van der Waals surface area contributed by atoms with Gasteiger partial charge in [-0.2, -0.15) is 0 Å². The summed E-state index contributed by atoms with van der Waals surface area (Å²) in [6, 6.07) is 35.7. The Labute approximate surface area is 268 Å². The second-order valence-corrected chi connectivity index (χ2v) is 13.3. The van der Waals surface area contributed by atoms with E-state index in [0.29, 0.717) is 11.3 Å². The molecule has 218 valence electrons. The number of para-hydroxylation sites is 2. The zero-order chi connectivity index (χ0) is 30.5. The minimum absolute atomic E-state index is 0.0329. The van der Waals surface area contributed by atoms with Crippen LogP contribution >= 0.6 is 34.9 Å². The molecule has 44 heavy (non-hydrogen) atoms. The predicted molar refractivity (Wildman–Crippen MR) is 181 cm³/mol. The largest absolute Gasteiger partial charge is 0.321 e. The van der Waals surface area contributed by atoms with Gasteiger partial charge in [0.25, 0.3) is 11.8 Å². The van der Waals surface area contributed by atoms with Gasteiger partial charge in [0.1, 0.15) is 5.70 Å². The first kappa shape index (κ1) is 29.5. The van der Waals surface area contributed by atoms with Gasteiger partial charge >= 0.3 is 0 Å². The van der Waals surface area contributed by atoms with Crippen molar-refractivity contribution in [1.82, 2.24) is 5.32 Å². The van der Waals surface area contributed by atoms with E-state index in [1.165, 1.54) is 23.1 Å². The highest BCUT2D eigenvalue weighted by molar-refractivity contribution is 8.00. The van der Waals surface area contributed by atoms with Crippen LogP contribution in [0.4, 0.5) is 17.1 Å². The Bertz CT molecular complexity index is 1810. The minimum atomic E-state index is -0.451. The molecule has 2 heterocycles. The fraction of sp³-hybridized carbons (Fsp3) is 0.0571. The van der Waals surface area contributed by atoms with Crippen molar-refractivity contribution in [2.75, 3.05) is 10.2 Å². The summed E-state index contributed by atoms with van der Waals surface area (Å²) in [6.07, 6.45) is 1.66. The monoisotopic (exact) mass is 633 g/mol. The Morgan fingerprint density at radius 3 is 2.16 bits per heavy atom. The first-order valence-electron chi connectivity index (χ1n) is 13.9. The van der Waals surface area contributed by atoms with Crippen LogP contribution in [-0.4, -0.2) is 23.0 Å². The Hall–Kier alpha value is -4.57. The molecule has 1 aliphatic heterocycles. The molecule has 0 radical (unpaired) electrons. The summed E-state index contributed by atoms with van der Waals surface area (Å²) in [5.41, 5.74) is 2.88. The predicted octanol–water partition coefficient (Wildman–Crippen LogP) is 8.47. The topological polar surface area (TPSA) is 78.5 Å². The summed E-state index contributed by atoms with van der Waals surface area (Å²) in [4.78, 5) is 45.8. The van der Waals surface area contributed by atoms with Gasteiger partial charge < -0.3 is 10.6 Å². The van der Waals surface area contributed by atoms with Crippen LogP contribution in [-0.2, 0) is 9.59 Å². The lowest BCUT2D eigenvalue weighted by molar-refractivity contribution is -0.117. The van der Waals surface area contributed by atoms with Crippen LogP contribution in [0, 0.1) is 0 Å². The molecule has 0 spiro atoms. The van der Waals surface area contributed by atoms with Crippen molar-refractivity contribution in [2.24, 2.45) is 0 Å². The molecule has 4 aromatic carbocycles. The standard InChI is InChI=1S/C35H27N3O3S3/c1-23(35(41)38-29-16-5-7-18-31(29)44-32-19-8-6-17-30(32)38)43-27-14-9-13-25(21-27)36-34(40)28(22-26-15-10-20-42-26)37-33(39)24-11-3-2-4-12-24/h2-23H,1H3,(H,36,40)(H,37,39)/b28-22+. The molecule has 0 saturated heterocycles. The average molecular weight is 634 g/mol. The fourth-order valence-corrected chi connectivity index (χ4v) is 7.36. The molecule has 6 nitrogen and oxygen atoms in total. The summed E-state index contributed by atoms with van der Waals surface area (Å²) in [7, 11) is 0. The molecule has 3 amide bonds. The molecular weight excluding hydrogens is 607 g/mol. The molecule has 1 unspecified atom stereocenters. The van der Waals surface area contributed by atoms with Crippen LogP contribution in [0.5, 0.6) is 0 Å². The molecule has 6 rings (SSSR count). The Kier molecular flexibility index (Phi) is 8.97. The Morgan fingerprint density at radius 2 is 1.48 bits per heavy atom. The highest BCUT2D eigenvalue weighted by Gasteiger charge is 2.31. The molecule has 0 bridgehead atoms. The number of carbonyl (C=O) groups excluding carboxylic acids is 3. The van der Waals surface area contributed by atoms with Crippen molar-refractivity contribution in [1.29, 1.82) is 0 Å². The third-order valence-electron chi connectivity index (χ3n) is 6.76. The molecule has 0 fully saturated rings. The van der Waals surface area contributed by atoms with Crippen molar-refractivity contribution in [2.45, 2.75) is 26.9 Å². The highest BCUT2D eigenvalue weighted by Crippen LogP contribution is 2.48. The number of anilines is 3. The summed E-state index contributed by atoms with van der Waals surface area (Å²) >= 11 is 4.55. The first-order chi connectivity index (χ1) is 21.5. The highest BCUT2D eigenvalue weighted by atomic mass is 32.2. The number of amides is 3. The van der Waals surface area contributed by atoms with Crippen molar-refractivity contribution in [3.63, 3.8) is 0 Å². The third-order valence-corrected chi connectivity index (χ3v) is 9.79. The number of fused-ring (bicyclic) bond motifs is 2. The average Bonchev–Trinajstić information content (AvgIpc) is 3.57. The number of benzene rings is 4. The van der Waals surface area contributed by atoms with Crippen LogP contribution in [0.3, 0.4) is 0 Å². The zero-order valence-electron chi connectivity index (χ0n) is 23.6. The van der Waals surface area contributed by atoms with Gasteiger partial charge in [-0.1, -0.05) is 66.4 Å². The maximum absolute atomic E-state index is 13.9. The molecule has 5 aromatic rings. The van der Waals surface area contributed by atoms with E-state index in [-0.39, 0.29) is 17.5 Å². The van der Waals surface area contributed by atoms with Gasteiger partial charge in [0.05, 0.1) is 16.6 Å². The van der Waals surface area contributed by atoms with Crippen LogP contribution in [0.25, 0.3) is 6.08 Å².